The highest BCUT2D eigenvalue weighted by Gasteiger charge is 2.35. The summed E-state index contributed by atoms with van der Waals surface area (Å²) in [6.07, 6.45) is 0.560. The average molecular weight is 576 g/mol. The Labute approximate surface area is 248 Å². The maximum Gasteiger partial charge on any atom is 0.339 e. The Balaban J connectivity index is 1.41. The fourth-order valence-corrected chi connectivity index (χ4v) is 5.59. The van der Waals surface area contributed by atoms with Crippen molar-refractivity contribution in [2.24, 2.45) is 0 Å². The van der Waals surface area contributed by atoms with Gasteiger partial charge in [0.05, 0.1) is 37.3 Å². The molecule has 8 nitrogen and oxygen atoms in total. The molecule has 1 atom stereocenters. The third-order valence-corrected chi connectivity index (χ3v) is 7.71. The summed E-state index contributed by atoms with van der Waals surface area (Å²) in [6, 6.07) is 27.4. The molecule has 0 bridgehead atoms. The quantitative estimate of drug-likeness (QED) is 0.169. The number of methoxy groups -OCH3 is 2. The molecule has 8 heteroatoms. The molecular formula is C35H29NO7. The van der Waals surface area contributed by atoms with Crippen LogP contribution < -0.4 is 19.8 Å². The number of carbonyl (C=O) groups is 2. The van der Waals surface area contributed by atoms with Crippen LogP contribution in [-0.2, 0) is 6.42 Å². The lowest BCUT2D eigenvalue weighted by atomic mass is 9.90. The van der Waals surface area contributed by atoms with E-state index in [2.05, 4.69) is 0 Å². The zero-order valence-corrected chi connectivity index (χ0v) is 23.7. The molecule has 2 heterocycles. The van der Waals surface area contributed by atoms with Gasteiger partial charge in [-0.05, 0) is 47.9 Å². The molecule has 43 heavy (non-hydrogen) atoms. The van der Waals surface area contributed by atoms with Crippen molar-refractivity contribution in [3.05, 3.63) is 135 Å². The van der Waals surface area contributed by atoms with Crippen molar-refractivity contribution < 1.29 is 28.2 Å². The molecule has 0 aliphatic carbocycles. The maximum absolute atomic E-state index is 14.3. The molecule has 1 amide bonds. The van der Waals surface area contributed by atoms with E-state index < -0.39 is 11.7 Å². The topological polar surface area (TPSA) is 95.3 Å². The minimum atomic E-state index is -0.568. The second-order valence-electron chi connectivity index (χ2n) is 10.1. The van der Waals surface area contributed by atoms with Crippen LogP contribution in [0, 0.1) is 0 Å². The van der Waals surface area contributed by atoms with Gasteiger partial charge in [0.1, 0.15) is 17.9 Å². The number of ether oxygens (including phenoxy) is 3. The molecule has 1 aliphatic heterocycles. The fourth-order valence-electron chi connectivity index (χ4n) is 5.59. The van der Waals surface area contributed by atoms with Gasteiger partial charge in [0.2, 0.25) is 0 Å². The minimum Gasteiger partial charge on any atom is -0.493 e. The summed E-state index contributed by atoms with van der Waals surface area (Å²) < 4.78 is 22.8. The first-order chi connectivity index (χ1) is 21.0. The summed E-state index contributed by atoms with van der Waals surface area (Å²) in [7, 11) is 3.14. The number of rotatable bonds is 8. The lowest BCUT2D eigenvalue weighted by molar-refractivity contribution is 0.0587. The molecule has 0 spiro atoms. The highest BCUT2D eigenvalue weighted by atomic mass is 16.5. The lowest BCUT2D eigenvalue weighted by Gasteiger charge is -2.38. The molecule has 0 N–H and O–H groups in total. The van der Waals surface area contributed by atoms with E-state index in [0.29, 0.717) is 57.9 Å². The van der Waals surface area contributed by atoms with Crippen LogP contribution in [0.5, 0.6) is 17.2 Å². The molecule has 0 fully saturated rings. The van der Waals surface area contributed by atoms with Crippen molar-refractivity contribution in [2.45, 2.75) is 12.5 Å². The van der Waals surface area contributed by atoms with E-state index in [1.807, 2.05) is 30.3 Å². The Morgan fingerprint density at radius 2 is 1.49 bits per heavy atom. The monoisotopic (exact) mass is 575 g/mol. The molecule has 216 valence electrons. The number of nitrogens with zero attached hydrogens (tertiary/aromatic N) is 1. The van der Waals surface area contributed by atoms with Crippen molar-refractivity contribution in [1.82, 2.24) is 4.90 Å². The molecule has 0 radical (unpaired) electrons. The summed E-state index contributed by atoms with van der Waals surface area (Å²) in [5.41, 5.74) is 2.81. The first kappa shape index (κ1) is 27.8. The number of ketones is 1. The van der Waals surface area contributed by atoms with Gasteiger partial charge in [-0.25, -0.2) is 4.79 Å². The maximum atomic E-state index is 14.3. The second kappa shape index (κ2) is 11.9. The zero-order chi connectivity index (χ0) is 29.9. The SMILES string of the molecule is COc1cc2c(cc1OC)C(COc1cc(=O)oc3ccccc13)N(C(=O)c1ccccc1C(=O)c1ccccc1)CC2. The van der Waals surface area contributed by atoms with E-state index >= 15 is 0 Å². The summed E-state index contributed by atoms with van der Waals surface area (Å²) in [4.78, 5) is 41.9. The largest absolute Gasteiger partial charge is 0.493 e. The number of fused-ring (bicyclic) bond motifs is 2. The van der Waals surface area contributed by atoms with Crippen LogP contribution in [0.4, 0.5) is 0 Å². The van der Waals surface area contributed by atoms with Gasteiger partial charge in [0.15, 0.2) is 17.3 Å². The third-order valence-electron chi connectivity index (χ3n) is 7.71. The predicted molar refractivity (Wildman–Crippen MR) is 161 cm³/mol. The Kier molecular flexibility index (Phi) is 7.66. The van der Waals surface area contributed by atoms with Crippen LogP contribution in [0.15, 0.2) is 106 Å². The Morgan fingerprint density at radius 1 is 0.814 bits per heavy atom. The summed E-state index contributed by atoms with van der Waals surface area (Å²) in [6.45, 7) is 0.414. The van der Waals surface area contributed by atoms with Gasteiger partial charge in [-0.1, -0.05) is 60.7 Å². The summed E-state index contributed by atoms with van der Waals surface area (Å²) in [5, 5.41) is 0.641. The van der Waals surface area contributed by atoms with Gasteiger partial charge in [-0.3, -0.25) is 9.59 Å². The minimum absolute atomic E-state index is 0.0382. The highest BCUT2D eigenvalue weighted by Crippen LogP contribution is 2.39. The summed E-state index contributed by atoms with van der Waals surface area (Å²) >= 11 is 0. The Morgan fingerprint density at radius 3 is 2.26 bits per heavy atom. The molecule has 1 aliphatic rings. The first-order valence-corrected chi connectivity index (χ1v) is 13.9. The van der Waals surface area contributed by atoms with Crippen LogP contribution in [0.3, 0.4) is 0 Å². The van der Waals surface area contributed by atoms with E-state index in [9.17, 15) is 14.4 Å². The van der Waals surface area contributed by atoms with Crippen LogP contribution >= 0.6 is 0 Å². The van der Waals surface area contributed by atoms with Gasteiger partial charge in [0.25, 0.3) is 5.91 Å². The Bertz CT molecular complexity index is 1880. The molecule has 6 rings (SSSR count). The molecule has 0 saturated carbocycles. The Hall–Kier alpha value is -5.37. The van der Waals surface area contributed by atoms with E-state index in [4.69, 9.17) is 18.6 Å². The van der Waals surface area contributed by atoms with E-state index in [1.54, 1.807) is 79.8 Å². The first-order valence-electron chi connectivity index (χ1n) is 13.9. The van der Waals surface area contributed by atoms with Gasteiger partial charge >= 0.3 is 5.63 Å². The molecule has 1 unspecified atom stereocenters. The van der Waals surface area contributed by atoms with Crippen molar-refractivity contribution in [1.29, 1.82) is 0 Å². The molecule has 1 aromatic heterocycles. The number of para-hydroxylation sites is 1. The number of carbonyl (C=O) groups excluding carboxylic acids is 2. The van der Waals surface area contributed by atoms with Gasteiger partial charge in [0, 0.05) is 17.7 Å². The fraction of sp³-hybridized carbons (Fsp3) is 0.171. The normalized spacial score (nSPS) is 14.2. The van der Waals surface area contributed by atoms with Gasteiger partial charge in [-0.2, -0.15) is 0 Å². The average Bonchev–Trinajstić information content (AvgIpc) is 3.05. The van der Waals surface area contributed by atoms with Crippen molar-refractivity contribution in [2.75, 3.05) is 27.4 Å². The van der Waals surface area contributed by atoms with Crippen LogP contribution in [0.25, 0.3) is 11.0 Å². The van der Waals surface area contributed by atoms with E-state index in [0.717, 1.165) is 11.1 Å². The van der Waals surface area contributed by atoms with Crippen LogP contribution in [-0.4, -0.2) is 44.0 Å². The molecule has 0 saturated heterocycles. The summed E-state index contributed by atoms with van der Waals surface area (Å²) in [5.74, 6) is 0.929. The highest BCUT2D eigenvalue weighted by molar-refractivity contribution is 6.15. The second-order valence-corrected chi connectivity index (χ2v) is 10.1. The zero-order valence-electron chi connectivity index (χ0n) is 23.7. The van der Waals surface area contributed by atoms with Gasteiger partial charge < -0.3 is 23.5 Å². The number of hydrogen-bond acceptors (Lipinski definition) is 7. The molecule has 4 aromatic carbocycles. The standard InChI is InChI=1S/C35H29NO7/c1-40-31-18-23-16-17-36(35(39)25-13-7-6-12-24(25)34(38)22-10-4-3-5-11-22)28(27(23)19-32(31)41-2)21-42-30-20-33(37)43-29-15-9-8-14-26(29)30/h3-15,18-20,28H,16-17,21H2,1-2H3. The number of amides is 1. The van der Waals surface area contributed by atoms with Crippen molar-refractivity contribution >= 4 is 22.7 Å². The number of hydrogen-bond donors (Lipinski definition) is 0. The molecular weight excluding hydrogens is 546 g/mol. The smallest absolute Gasteiger partial charge is 0.339 e. The third kappa shape index (κ3) is 5.35. The van der Waals surface area contributed by atoms with Crippen LogP contribution in [0.1, 0.15) is 43.4 Å². The van der Waals surface area contributed by atoms with Crippen LogP contribution in [0.2, 0.25) is 0 Å². The van der Waals surface area contributed by atoms with E-state index in [-0.39, 0.29) is 18.3 Å². The van der Waals surface area contributed by atoms with Gasteiger partial charge in [-0.15, -0.1) is 0 Å². The predicted octanol–water partition coefficient (Wildman–Crippen LogP) is 5.86. The van der Waals surface area contributed by atoms with Crippen molar-refractivity contribution in [3.8, 4) is 17.2 Å². The van der Waals surface area contributed by atoms with Crippen molar-refractivity contribution in [3.63, 3.8) is 0 Å². The number of benzene rings is 4. The lowest BCUT2D eigenvalue weighted by Crippen LogP contribution is -2.43. The molecule has 5 aromatic rings. The van der Waals surface area contributed by atoms with E-state index in [1.165, 1.54) is 6.07 Å².